The van der Waals surface area contributed by atoms with Crippen LogP contribution in [-0.2, 0) is 11.3 Å². The van der Waals surface area contributed by atoms with Crippen molar-refractivity contribution in [3.63, 3.8) is 0 Å². The molecule has 1 aromatic rings. The number of hydrogen-bond acceptors (Lipinski definition) is 1. The largest absolute Gasteiger partial charge is 0.335 e. The number of halogens is 2. The van der Waals surface area contributed by atoms with E-state index < -0.39 is 0 Å². The molecule has 0 N–H and O–H groups in total. The van der Waals surface area contributed by atoms with Gasteiger partial charge in [-0.25, -0.2) is 4.39 Å². The molecule has 0 heterocycles. The van der Waals surface area contributed by atoms with Gasteiger partial charge >= 0.3 is 0 Å². The fraction of sp³-hybridized carbons (Fsp3) is 0.462. The Kier molecular flexibility index (Phi) is 4.15. The molecule has 0 bridgehead atoms. The van der Waals surface area contributed by atoms with E-state index in [1.165, 1.54) is 12.1 Å². The van der Waals surface area contributed by atoms with Gasteiger partial charge in [0, 0.05) is 24.3 Å². The molecule has 0 atom stereocenters. The maximum atomic E-state index is 13.1. The van der Waals surface area contributed by atoms with Crippen LogP contribution in [0.25, 0.3) is 0 Å². The number of alkyl halides is 1. The SMILES string of the molecule is O=C(CCBr)N(Cc1cccc(F)c1)C1CC1. The van der Waals surface area contributed by atoms with Gasteiger partial charge in [-0.05, 0) is 30.5 Å². The number of carbonyl (C=O) groups excluding carboxylic acids is 1. The zero-order valence-electron chi connectivity index (χ0n) is 9.53. The van der Waals surface area contributed by atoms with E-state index in [4.69, 9.17) is 0 Å². The molecule has 1 saturated carbocycles. The molecule has 0 aliphatic heterocycles. The lowest BCUT2D eigenvalue weighted by molar-refractivity contribution is -0.131. The Balaban J connectivity index is 2.05. The molecule has 2 nitrogen and oxygen atoms in total. The van der Waals surface area contributed by atoms with Crippen molar-refractivity contribution in [2.45, 2.75) is 31.8 Å². The van der Waals surface area contributed by atoms with Crippen LogP contribution in [0.1, 0.15) is 24.8 Å². The van der Waals surface area contributed by atoms with Gasteiger partial charge in [0.25, 0.3) is 0 Å². The Morgan fingerprint density at radius 3 is 2.82 bits per heavy atom. The highest BCUT2D eigenvalue weighted by atomic mass is 79.9. The molecule has 1 aliphatic carbocycles. The first kappa shape index (κ1) is 12.6. The molecule has 4 heteroatoms. The molecule has 1 aliphatic rings. The van der Waals surface area contributed by atoms with Crippen LogP contribution in [0.15, 0.2) is 24.3 Å². The molecule has 0 radical (unpaired) electrons. The highest BCUT2D eigenvalue weighted by Crippen LogP contribution is 2.29. The number of hydrogen-bond donors (Lipinski definition) is 0. The summed E-state index contributed by atoms with van der Waals surface area (Å²) in [5.74, 6) is -0.0974. The van der Waals surface area contributed by atoms with Gasteiger partial charge in [0.1, 0.15) is 5.82 Å². The summed E-state index contributed by atoms with van der Waals surface area (Å²) in [5, 5.41) is 0.679. The Labute approximate surface area is 109 Å². The van der Waals surface area contributed by atoms with Crippen LogP contribution < -0.4 is 0 Å². The van der Waals surface area contributed by atoms with Gasteiger partial charge in [0.05, 0.1) is 0 Å². The van der Waals surface area contributed by atoms with E-state index in [0.717, 1.165) is 18.4 Å². The van der Waals surface area contributed by atoms with Crippen LogP contribution >= 0.6 is 15.9 Å². The summed E-state index contributed by atoms with van der Waals surface area (Å²) in [6, 6.07) is 6.83. The predicted octanol–water partition coefficient (Wildman–Crippen LogP) is 3.10. The summed E-state index contributed by atoms with van der Waals surface area (Å²) >= 11 is 3.28. The van der Waals surface area contributed by atoms with Gasteiger partial charge in [0.2, 0.25) is 5.91 Å². The second-order valence-electron chi connectivity index (χ2n) is 4.32. The first-order valence-corrected chi connectivity index (χ1v) is 6.92. The van der Waals surface area contributed by atoms with Crippen LogP contribution in [0, 0.1) is 5.82 Å². The third-order valence-electron chi connectivity index (χ3n) is 2.86. The molecule has 1 fully saturated rings. The molecule has 17 heavy (non-hydrogen) atoms. The molecule has 0 spiro atoms. The molecule has 92 valence electrons. The highest BCUT2D eigenvalue weighted by Gasteiger charge is 2.31. The fourth-order valence-electron chi connectivity index (χ4n) is 1.86. The number of carbonyl (C=O) groups is 1. The summed E-state index contributed by atoms with van der Waals surface area (Å²) in [4.78, 5) is 13.8. The van der Waals surface area contributed by atoms with Gasteiger partial charge in [0.15, 0.2) is 0 Å². The summed E-state index contributed by atoms with van der Waals surface area (Å²) in [5.41, 5.74) is 0.861. The number of amides is 1. The first-order valence-electron chi connectivity index (χ1n) is 5.80. The van der Waals surface area contributed by atoms with E-state index >= 15 is 0 Å². The van der Waals surface area contributed by atoms with E-state index in [2.05, 4.69) is 15.9 Å². The van der Waals surface area contributed by atoms with Crippen molar-refractivity contribution in [1.29, 1.82) is 0 Å². The number of nitrogens with zero attached hydrogens (tertiary/aromatic N) is 1. The zero-order chi connectivity index (χ0) is 12.3. The lowest BCUT2D eigenvalue weighted by Gasteiger charge is -2.22. The summed E-state index contributed by atoms with van der Waals surface area (Å²) in [7, 11) is 0. The van der Waals surface area contributed by atoms with E-state index in [1.807, 2.05) is 11.0 Å². The normalized spacial score (nSPS) is 14.7. The Morgan fingerprint density at radius 1 is 1.47 bits per heavy atom. The third kappa shape index (κ3) is 3.53. The Morgan fingerprint density at radius 2 is 2.24 bits per heavy atom. The Bertz CT molecular complexity index is 406. The number of rotatable bonds is 5. The fourth-order valence-corrected chi connectivity index (χ4v) is 2.20. The van der Waals surface area contributed by atoms with Crippen LogP contribution in [0.3, 0.4) is 0 Å². The van der Waals surface area contributed by atoms with Crippen molar-refractivity contribution >= 4 is 21.8 Å². The maximum absolute atomic E-state index is 13.1. The van der Waals surface area contributed by atoms with E-state index in [1.54, 1.807) is 6.07 Å². The molecule has 0 unspecified atom stereocenters. The van der Waals surface area contributed by atoms with E-state index in [0.29, 0.717) is 24.3 Å². The monoisotopic (exact) mass is 299 g/mol. The molecule has 0 aromatic heterocycles. The summed E-state index contributed by atoms with van der Waals surface area (Å²) in [6.07, 6.45) is 2.65. The zero-order valence-corrected chi connectivity index (χ0v) is 11.1. The average Bonchev–Trinajstić information content (AvgIpc) is 3.10. The highest BCUT2D eigenvalue weighted by molar-refractivity contribution is 9.09. The van der Waals surface area contributed by atoms with E-state index in [9.17, 15) is 9.18 Å². The van der Waals surface area contributed by atoms with Crippen LogP contribution in [0.4, 0.5) is 4.39 Å². The summed E-state index contributed by atoms with van der Waals surface area (Å²) in [6.45, 7) is 0.522. The van der Waals surface area contributed by atoms with Gasteiger partial charge in [-0.15, -0.1) is 0 Å². The van der Waals surface area contributed by atoms with Gasteiger partial charge in [-0.3, -0.25) is 4.79 Å². The van der Waals surface area contributed by atoms with Crippen molar-refractivity contribution < 1.29 is 9.18 Å². The van der Waals surface area contributed by atoms with Crippen molar-refractivity contribution in [2.24, 2.45) is 0 Å². The maximum Gasteiger partial charge on any atom is 0.223 e. The van der Waals surface area contributed by atoms with E-state index in [-0.39, 0.29) is 11.7 Å². The van der Waals surface area contributed by atoms with Crippen molar-refractivity contribution in [3.8, 4) is 0 Å². The predicted molar refractivity (Wildman–Crippen MR) is 68.4 cm³/mol. The topological polar surface area (TPSA) is 20.3 Å². The first-order chi connectivity index (χ1) is 8.20. The molecular weight excluding hydrogens is 285 g/mol. The molecule has 2 rings (SSSR count). The van der Waals surface area contributed by atoms with Crippen LogP contribution in [0.2, 0.25) is 0 Å². The molecule has 1 amide bonds. The Hall–Kier alpha value is -0.900. The van der Waals surface area contributed by atoms with Crippen LogP contribution in [-0.4, -0.2) is 22.2 Å². The van der Waals surface area contributed by atoms with Crippen molar-refractivity contribution in [3.05, 3.63) is 35.6 Å². The molecule has 1 aromatic carbocycles. The van der Waals surface area contributed by atoms with Crippen molar-refractivity contribution in [1.82, 2.24) is 4.90 Å². The minimum atomic E-state index is -0.244. The molecule has 0 saturated heterocycles. The minimum absolute atomic E-state index is 0.147. The quantitative estimate of drug-likeness (QED) is 0.765. The third-order valence-corrected chi connectivity index (χ3v) is 3.25. The molecular formula is C13H15BrFNO. The average molecular weight is 300 g/mol. The second-order valence-corrected chi connectivity index (χ2v) is 5.11. The summed E-state index contributed by atoms with van der Waals surface area (Å²) < 4.78 is 13.1. The smallest absolute Gasteiger partial charge is 0.223 e. The van der Waals surface area contributed by atoms with Gasteiger partial charge in [-0.2, -0.15) is 0 Å². The van der Waals surface area contributed by atoms with Crippen molar-refractivity contribution in [2.75, 3.05) is 5.33 Å². The standard InChI is InChI=1S/C13H15BrFNO/c14-7-6-13(17)16(12-4-5-12)9-10-2-1-3-11(15)8-10/h1-3,8,12H,4-7,9H2. The lowest BCUT2D eigenvalue weighted by atomic mass is 10.2. The second kappa shape index (κ2) is 5.63. The number of benzene rings is 1. The van der Waals surface area contributed by atoms with Crippen LogP contribution in [0.5, 0.6) is 0 Å². The van der Waals surface area contributed by atoms with Gasteiger partial charge < -0.3 is 4.90 Å². The van der Waals surface area contributed by atoms with Gasteiger partial charge in [-0.1, -0.05) is 28.1 Å². The lowest BCUT2D eigenvalue weighted by Crippen LogP contribution is -2.32. The minimum Gasteiger partial charge on any atom is -0.335 e.